The van der Waals surface area contributed by atoms with Gasteiger partial charge in [-0.1, -0.05) is 18.2 Å². The number of nitrogens with two attached hydrogens (primary N) is 1. The highest BCUT2D eigenvalue weighted by Gasteiger charge is 2.16. The molecule has 3 heteroatoms. The van der Waals surface area contributed by atoms with Crippen molar-refractivity contribution in [2.45, 2.75) is 32.4 Å². The lowest BCUT2D eigenvalue weighted by molar-refractivity contribution is 0.127. The van der Waals surface area contributed by atoms with Crippen LogP contribution in [-0.2, 0) is 0 Å². The number of aliphatic hydroxyl groups excluding tert-OH is 1. The predicted octanol–water partition coefficient (Wildman–Crippen LogP) is 1.86. The first kappa shape index (κ1) is 12.0. The van der Waals surface area contributed by atoms with E-state index in [4.69, 9.17) is 15.6 Å². The van der Waals surface area contributed by atoms with Gasteiger partial charge < -0.3 is 15.6 Å². The number of ether oxygens (including phenoxy) is 1. The van der Waals surface area contributed by atoms with E-state index in [1.807, 2.05) is 45.0 Å². The Morgan fingerprint density at radius 2 is 1.93 bits per heavy atom. The average Bonchev–Trinajstić information content (AvgIpc) is 2.15. The molecule has 84 valence electrons. The smallest absolute Gasteiger partial charge is 0.124 e. The molecule has 0 aliphatic heterocycles. The van der Waals surface area contributed by atoms with E-state index < -0.39 is 0 Å². The topological polar surface area (TPSA) is 55.5 Å². The molecule has 3 N–H and O–H groups in total. The Bertz CT molecular complexity index is 318. The van der Waals surface area contributed by atoms with Crippen molar-refractivity contribution >= 4 is 0 Å². The molecule has 1 unspecified atom stereocenters. The quantitative estimate of drug-likeness (QED) is 0.798. The minimum absolute atomic E-state index is 0.0789. The van der Waals surface area contributed by atoms with E-state index in [0.717, 1.165) is 11.3 Å². The van der Waals surface area contributed by atoms with Crippen molar-refractivity contribution in [2.75, 3.05) is 6.61 Å². The normalized spacial score (nSPS) is 13.7. The molecule has 3 nitrogen and oxygen atoms in total. The summed E-state index contributed by atoms with van der Waals surface area (Å²) >= 11 is 0. The van der Waals surface area contributed by atoms with E-state index >= 15 is 0 Å². The minimum atomic E-state index is -0.386. The zero-order chi connectivity index (χ0) is 11.5. The van der Waals surface area contributed by atoms with Crippen molar-refractivity contribution < 1.29 is 9.84 Å². The van der Waals surface area contributed by atoms with E-state index in [-0.39, 0.29) is 18.2 Å². The highest BCUT2D eigenvalue weighted by atomic mass is 16.5. The Morgan fingerprint density at radius 3 is 2.47 bits per heavy atom. The van der Waals surface area contributed by atoms with Crippen LogP contribution in [0.5, 0.6) is 5.75 Å². The average molecular weight is 209 g/mol. The first-order valence-corrected chi connectivity index (χ1v) is 5.08. The van der Waals surface area contributed by atoms with Gasteiger partial charge in [0.2, 0.25) is 0 Å². The molecular formula is C12H19NO2. The van der Waals surface area contributed by atoms with Crippen molar-refractivity contribution in [1.29, 1.82) is 0 Å². The van der Waals surface area contributed by atoms with E-state index in [9.17, 15) is 0 Å². The summed E-state index contributed by atoms with van der Waals surface area (Å²) in [6.07, 6.45) is 0. The Hall–Kier alpha value is -1.06. The van der Waals surface area contributed by atoms with Gasteiger partial charge in [0.1, 0.15) is 11.4 Å². The van der Waals surface area contributed by atoms with Crippen LogP contribution in [0.3, 0.4) is 0 Å². The van der Waals surface area contributed by atoms with E-state index in [1.165, 1.54) is 0 Å². The van der Waals surface area contributed by atoms with Crippen molar-refractivity contribution in [3.05, 3.63) is 29.8 Å². The minimum Gasteiger partial charge on any atom is -0.488 e. The number of hydrogen-bond donors (Lipinski definition) is 2. The van der Waals surface area contributed by atoms with Gasteiger partial charge in [-0.05, 0) is 26.8 Å². The van der Waals surface area contributed by atoms with Crippen LogP contribution in [0.2, 0.25) is 0 Å². The first-order valence-electron chi connectivity index (χ1n) is 5.08. The van der Waals surface area contributed by atoms with Gasteiger partial charge in [-0.15, -0.1) is 0 Å². The monoisotopic (exact) mass is 209 g/mol. The second kappa shape index (κ2) is 4.64. The Labute approximate surface area is 90.9 Å². The van der Waals surface area contributed by atoms with Crippen LogP contribution < -0.4 is 10.5 Å². The summed E-state index contributed by atoms with van der Waals surface area (Å²) in [6.45, 7) is 5.86. The van der Waals surface area contributed by atoms with E-state index in [1.54, 1.807) is 0 Å². The van der Waals surface area contributed by atoms with Gasteiger partial charge in [-0.3, -0.25) is 0 Å². The van der Waals surface area contributed by atoms with Gasteiger partial charge in [-0.2, -0.15) is 0 Å². The molecule has 0 spiro atoms. The number of para-hydroxylation sites is 1. The summed E-state index contributed by atoms with van der Waals surface area (Å²) in [5, 5.41) is 9.03. The van der Waals surface area contributed by atoms with Crippen molar-refractivity contribution in [1.82, 2.24) is 0 Å². The molecule has 0 bridgehead atoms. The highest BCUT2D eigenvalue weighted by Crippen LogP contribution is 2.26. The summed E-state index contributed by atoms with van der Waals surface area (Å²) in [7, 11) is 0. The van der Waals surface area contributed by atoms with Crippen LogP contribution in [0.15, 0.2) is 24.3 Å². The number of hydrogen-bond acceptors (Lipinski definition) is 3. The third-order valence-corrected chi connectivity index (χ3v) is 1.93. The lowest BCUT2D eigenvalue weighted by Gasteiger charge is -2.24. The second-order valence-electron chi connectivity index (χ2n) is 4.54. The van der Waals surface area contributed by atoms with Gasteiger partial charge in [-0.25, -0.2) is 0 Å². The van der Waals surface area contributed by atoms with Gasteiger partial charge >= 0.3 is 0 Å². The SMILES string of the molecule is CC(C)(C)Oc1ccccc1C(N)CO. The molecule has 0 aliphatic rings. The van der Waals surface area contributed by atoms with Gasteiger partial charge in [0.15, 0.2) is 0 Å². The summed E-state index contributed by atoms with van der Waals surface area (Å²) in [4.78, 5) is 0. The lowest BCUT2D eigenvalue weighted by atomic mass is 10.1. The summed E-state index contributed by atoms with van der Waals surface area (Å²) in [6, 6.07) is 7.15. The highest BCUT2D eigenvalue weighted by molar-refractivity contribution is 5.36. The van der Waals surface area contributed by atoms with Crippen molar-refractivity contribution in [3.63, 3.8) is 0 Å². The molecule has 0 amide bonds. The Kier molecular flexibility index (Phi) is 3.72. The van der Waals surface area contributed by atoms with Gasteiger partial charge in [0.25, 0.3) is 0 Å². The fourth-order valence-corrected chi connectivity index (χ4v) is 1.31. The zero-order valence-electron chi connectivity index (χ0n) is 9.53. The molecule has 0 heterocycles. The molecule has 0 saturated carbocycles. The molecule has 1 rings (SSSR count). The maximum atomic E-state index is 9.03. The number of aliphatic hydroxyl groups is 1. The number of rotatable bonds is 3. The summed E-state index contributed by atoms with van der Waals surface area (Å²) in [5.41, 5.74) is 6.37. The molecular weight excluding hydrogens is 190 g/mol. The van der Waals surface area contributed by atoms with E-state index in [0.29, 0.717) is 0 Å². The molecule has 1 aromatic carbocycles. The van der Waals surface area contributed by atoms with E-state index in [2.05, 4.69) is 0 Å². The van der Waals surface area contributed by atoms with Gasteiger partial charge in [0, 0.05) is 5.56 Å². The standard InChI is InChI=1S/C12H19NO2/c1-12(2,3)15-11-7-5-4-6-9(11)10(13)8-14/h4-7,10,14H,8,13H2,1-3H3. The molecule has 0 aliphatic carbocycles. The maximum absolute atomic E-state index is 9.03. The molecule has 0 radical (unpaired) electrons. The fourth-order valence-electron chi connectivity index (χ4n) is 1.31. The Morgan fingerprint density at radius 1 is 1.33 bits per heavy atom. The predicted molar refractivity (Wildman–Crippen MR) is 60.8 cm³/mol. The van der Waals surface area contributed by atoms with Crippen LogP contribution in [0.25, 0.3) is 0 Å². The molecule has 0 saturated heterocycles. The summed E-state index contributed by atoms with van der Waals surface area (Å²) in [5.74, 6) is 0.742. The third kappa shape index (κ3) is 3.53. The molecule has 0 fully saturated rings. The van der Waals surface area contributed by atoms with Crippen LogP contribution in [0.1, 0.15) is 32.4 Å². The first-order chi connectivity index (χ1) is 6.94. The maximum Gasteiger partial charge on any atom is 0.124 e. The van der Waals surface area contributed by atoms with Crippen molar-refractivity contribution in [3.8, 4) is 5.75 Å². The van der Waals surface area contributed by atoms with Crippen LogP contribution in [0.4, 0.5) is 0 Å². The van der Waals surface area contributed by atoms with Crippen LogP contribution in [-0.4, -0.2) is 17.3 Å². The molecule has 1 atom stereocenters. The summed E-state index contributed by atoms with van der Waals surface area (Å²) < 4.78 is 5.76. The third-order valence-electron chi connectivity index (χ3n) is 1.93. The van der Waals surface area contributed by atoms with Crippen LogP contribution >= 0.6 is 0 Å². The largest absolute Gasteiger partial charge is 0.488 e. The molecule has 15 heavy (non-hydrogen) atoms. The zero-order valence-corrected chi connectivity index (χ0v) is 9.53. The lowest BCUT2D eigenvalue weighted by Crippen LogP contribution is -2.25. The molecule has 0 aromatic heterocycles. The Balaban J connectivity index is 2.96. The molecule has 1 aromatic rings. The van der Waals surface area contributed by atoms with Gasteiger partial charge in [0.05, 0.1) is 12.6 Å². The van der Waals surface area contributed by atoms with Crippen LogP contribution in [0, 0.1) is 0 Å². The van der Waals surface area contributed by atoms with Crippen molar-refractivity contribution in [2.24, 2.45) is 5.73 Å². The second-order valence-corrected chi connectivity index (χ2v) is 4.54. The number of benzene rings is 1. The fraction of sp³-hybridized carbons (Fsp3) is 0.500.